The fourth-order valence-electron chi connectivity index (χ4n) is 4.01. The number of carbonyl (C=O) groups excluding carboxylic acids is 1. The van der Waals surface area contributed by atoms with E-state index >= 15 is 0 Å². The molecule has 0 radical (unpaired) electrons. The molecule has 1 aliphatic heterocycles. The maximum atomic E-state index is 12.9. The van der Waals surface area contributed by atoms with Gasteiger partial charge in [-0.15, -0.1) is 0 Å². The van der Waals surface area contributed by atoms with Gasteiger partial charge in [-0.2, -0.15) is 4.31 Å². The fraction of sp³-hybridized carbons (Fsp3) is 0.632. The zero-order valence-corrected chi connectivity index (χ0v) is 17.8. The Balaban J connectivity index is 1.61. The van der Waals surface area contributed by atoms with Crippen LogP contribution in [0, 0.1) is 11.8 Å². The van der Waals surface area contributed by atoms with Crippen LogP contribution in [0.5, 0.6) is 0 Å². The first-order valence-electron chi connectivity index (χ1n) is 9.55. The summed E-state index contributed by atoms with van der Waals surface area (Å²) in [6.07, 6.45) is 5.62. The van der Waals surface area contributed by atoms with Gasteiger partial charge >= 0.3 is 0 Å². The molecule has 1 saturated heterocycles. The second-order valence-electron chi connectivity index (χ2n) is 7.61. The summed E-state index contributed by atoms with van der Waals surface area (Å²) in [5.41, 5.74) is 0. The molecule has 27 heavy (non-hydrogen) atoms. The summed E-state index contributed by atoms with van der Waals surface area (Å²) >= 11 is 12.1. The molecule has 1 aliphatic carbocycles. The standard InChI is InChI=1S/C19H26Cl2N2O3S/c1-13-5-2-3-7-16(13)22-19(24)14-9-11-23(12-10-14)27(25,26)17-8-4-6-15(20)18(17)21/h4,6,8,13-14,16H,2-3,5,7,9-12H2,1H3,(H,22,24)/t13-,16-/m0/s1. The summed E-state index contributed by atoms with van der Waals surface area (Å²) in [6.45, 7) is 2.81. The first kappa shape index (κ1) is 20.9. The smallest absolute Gasteiger partial charge is 0.244 e. The molecule has 3 rings (SSSR count). The van der Waals surface area contributed by atoms with Gasteiger partial charge in [-0.05, 0) is 43.7 Å². The summed E-state index contributed by atoms with van der Waals surface area (Å²) in [4.78, 5) is 12.6. The minimum absolute atomic E-state index is 0.0237. The molecule has 0 unspecified atom stereocenters. The van der Waals surface area contributed by atoms with Crippen LogP contribution in [-0.4, -0.2) is 37.8 Å². The molecule has 0 bridgehead atoms. The Hall–Kier alpha value is -0.820. The van der Waals surface area contributed by atoms with Gasteiger partial charge in [0.1, 0.15) is 4.90 Å². The molecule has 0 spiro atoms. The number of rotatable bonds is 4. The van der Waals surface area contributed by atoms with E-state index in [-0.39, 0.29) is 32.8 Å². The molecule has 0 aromatic heterocycles. The van der Waals surface area contributed by atoms with Crippen molar-refractivity contribution in [3.05, 3.63) is 28.2 Å². The normalized spacial score (nSPS) is 25.3. The van der Waals surface area contributed by atoms with Gasteiger partial charge in [0.25, 0.3) is 0 Å². The Labute approximate surface area is 171 Å². The van der Waals surface area contributed by atoms with Crippen molar-refractivity contribution in [2.45, 2.75) is 56.4 Å². The van der Waals surface area contributed by atoms with Crippen LogP contribution in [0.2, 0.25) is 10.0 Å². The van der Waals surface area contributed by atoms with Gasteiger partial charge in [0, 0.05) is 25.0 Å². The van der Waals surface area contributed by atoms with Crippen LogP contribution < -0.4 is 5.32 Å². The molecule has 1 N–H and O–H groups in total. The van der Waals surface area contributed by atoms with E-state index in [2.05, 4.69) is 12.2 Å². The lowest BCUT2D eigenvalue weighted by atomic mass is 9.85. The van der Waals surface area contributed by atoms with Crippen molar-refractivity contribution in [3.63, 3.8) is 0 Å². The third kappa shape index (κ3) is 4.61. The van der Waals surface area contributed by atoms with Crippen molar-refractivity contribution in [1.82, 2.24) is 9.62 Å². The van der Waals surface area contributed by atoms with E-state index in [0.29, 0.717) is 31.8 Å². The van der Waals surface area contributed by atoms with Gasteiger partial charge in [0.2, 0.25) is 15.9 Å². The average Bonchev–Trinajstić information content (AvgIpc) is 2.65. The lowest BCUT2D eigenvalue weighted by Gasteiger charge is -2.34. The molecule has 5 nitrogen and oxygen atoms in total. The lowest BCUT2D eigenvalue weighted by molar-refractivity contribution is -0.127. The van der Waals surface area contributed by atoms with Crippen molar-refractivity contribution in [3.8, 4) is 0 Å². The van der Waals surface area contributed by atoms with Crippen LogP contribution in [0.15, 0.2) is 23.1 Å². The van der Waals surface area contributed by atoms with E-state index in [4.69, 9.17) is 23.2 Å². The number of halogens is 2. The van der Waals surface area contributed by atoms with Gasteiger partial charge in [-0.25, -0.2) is 8.42 Å². The highest BCUT2D eigenvalue weighted by molar-refractivity contribution is 7.89. The van der Waals surface area contributed by atoms with E-state index in [1.165, 1.54) is 16.8 Å². The molecule has 1 saturated carbocycles. The van der Waals surface area contributed by atoms with Crippen LogP contribution in [0.1, 0.15) is 45.4 Å². The van der Waals surface area contributed by atoms with E-state index in [1.807, 2.05) is 0 Å². The summed E-state index contributed by atoms with van der Waals surface area (Å²) in [5, 5.41) is 3.46. The quantitative estimate of drug-likeness (QED) is 0.778. The largest absolute Gasteiger partial charge is 0.353 e. The second kappa shape index (κ2) is 8.68. The molecule has 2 atom stereocenters. The van der Waals surface area contributed by atoms with E-state index in [0.717, 1.165) is 19.3 Å². The molecule has 1 heterocycles. The number of piperidine rings is 1. The summed E-state index contributed by atoms with van der Waals surface area (Å²) in [5.74, 6) is 0.431. The molecule has 1 aromatic rings. The Kier molecular flexibility index (Phi) is 6.72. The van der Waals surface area contributed by atoms with E-state index in [1.54, 1.807) is 12.1 Å². The Bertz CT molecular complexity index is 792. The van der Waals surface area contributed by atoms with Gasteiger partial charge in [0.15, 0.2) is 0 Å². The number of hydrogen-bond acceptors (Lipinski definition) is 3. The monoisotopic (exact) mass is 432 g/mol. The highest BCUT2D eigenvalue weighted by Crippen LogP contribution is 2.33. The number of amides is 1. The van der Waals surface area contributed by atoms with Gasteiger partial charge in [-0.3, -0.25) is 4.79 Å². The number of hydrogen-bond donors (Lipinski definition) is 1. The highest BCUT2D eigenvalue weighted by atomic mass is 35.5. The first-order valence-corrected chi connectivity index (χ1v) is 11.7. The number of nitrogens with zero attached hydrogens (tertiary/aromatic N) is 1. The van der Waals surface area contributed by atoms with E-state index in [9.17, 15) is 13.2 Å². The molecular weight excluding hydrogens is 407 g/mol. The van der Waals surface area contributed by atoms with Crippen LogP contribution >= 0.6 is 23.2 Å². The van der Waals surface area contributed by atoms with E-state index < -0.39 is 10.0 Å². The number of nitrogens with one attached hydrogen (secondary N) is 1. The van der Waals surface area contributed by atoms with Gasteiger partial charge in [0.05, 0.1) is 10.0 Å². The van der Waals surface area contributed by atoms with Crippen molar-refractivity contribution in [2.24, 2.45) is 11.8 Å². The molecule has 1 aromatic carbocycles. The zero-order valence-electron chi connectivity index (χ0n) is 15.5. The SMILES string of the molecule is C[C@H]1CCCC[C@@H]1NC(=O)C1CCN(S(=O)(=O)c2cccc(Cl)c2Cl)CC1. The Morgan fingerprint density at radius 1 is 1.11 bits per heavy atom. The van der Waals surface area contributed by atoms with Crippen LogP contribution in [0.3, 0.4) is 0 Å². The maximum Gasteiger partial charge on any atom is 0.244 e. The van der Waals surface area contributed by atoms with Crippen molar-refractivity contribution >= 4 is 39.1 Å². The maximum absolute atomic E-state index is 12.9. The van der Waals surface area contributed by atoms with Crippen molar-refractivity contribution in [1.29, 1.82) is 0 Å². The second-order valence-corrected chi connectivity index (χ2v) is 10.3. The number of benzene rings is 1. The van der Waals surface area contributed by atoms with Gasteiger partial charge < -0.3 is 5.32 Å². The Morgan fingerprint density at radius 2 is 1.78 bits per heavy atom. The fourth-order valence-corrected chi connectivity index (χ4v) is 6.22. The third-order valence-electron chi connectivity index (χ3n) is 5.80. The molecular formula is C19H26Cl2N2O3S. The number of carbonyl (C=O) groups is 1. The molecule has 2 aliphatic rings. The highest BCUT2D eigenvalue weighted by Gasteiger charge is 2.34. The van der Waals surface area contributed by atoms with Crippen LogP contribution in [0.25, 0.3) is 0 Å². The minimum atomic E-state index is -3.72. The predicted octanol–water partition coefficient (Wildman–Crippen LogP) is 4.09. The average molecular weight is 433 g/mol. The summed E-state index contributed by atoms with van der Waals surface area (Å²) < 4.78 is 27.2. The minimum Gasteiger partial charge on any atom is -0.353 e. The third-order valence-corrected chi connectivity index (χ3v) is 8.67. The molecule has 150 valence electrons. The molecule has 8 heteroatoms. The molecule has 1 amide bonds. The molecule has 2 fully saturated rings. The predicted molar refractivity (Wildman–Crippen MR) is 108 cm³/mol. The van der Waals surface area contributed by atoms with Crippen LogP contribution in [-0.2, 0) is 14.8 Å². The van der Waals surface area contributed by atoms with Gasteiger partial charge in [-0.1, -0.05) is 49.0 Å². The van der Waals surface area contributed by atoms with Crippen molar-refractivity contribution < 1.29 is 13.2 Å². The topological polar surface area (TPSA) is 66.5 Å². The van der Waals surface area contributed by atoms with Crippen molar-refractivity contribution in [2.75, 3.05) is 13.1 Å². The first-order chi connectivity index (χ1) is 12.8. The summed E-state index contributed by atoms with van der Waals surface area (Å²) in [6, 6.07) is 4.85. The zero-order chi connectivity index (χ0) is 19.6. The number of sulfonamides is 1. The van der Waals surface area contributed by atoms with Crippen LogP contribution in [0.4, 0.5) is 0 Å². The Morgan fingerprint density at radius 3 is 2.44 bits per heavy atom. The lowest BCUT2D eigenvalue weighted by Crippen LogP contribution is -2.47. The summed E-state index contributed by atoms with van der Waals surface area (Å²) in [7, 11) is -3.72.